The number of carbonyl (C=O) groups excluding carboxylic acids is 1. The zero-order valence-corrected chi connectivity index (χ0v) is 20.5. The highest BCUT2D eigenvalue weighted by Gasteiger charge is 2.34. The minimum atomic E-state index is -0.211. The van der Waals surface area contributed by atoms with E-state index in [1.54, 1.807) is 0 Å². The maximum atomic E-state index is 11.8. The molecule has 0 saturated carbocycles. The molecule has 0 radical (unpaired) electrons. The van der Waals surface area contributed by atoms with E-state index in [1.165, 1.54) is 0 Å². The van der Waals surface area contributed by atoms with Gasteiger partial charge in [-0.05, 0) is 51.3 Å². The molecule has 30 heavy (non-hydrogen) atoms. The van der Waals surface area contributed by atoms with Crippen LogP contribution in [-0.4, -0.2) is 56.0 Å². The number of rotatable bonds is 9. The first-order chi connectivity index (χ1) is 14.0. The van der Waals surface area contributed by atoms with E-state index < -0.39 is 0 Å². The van der Waals surface area contributed by atoms with Gasteiger partial charge < -0.3 is 31.1 Å². The van der Waals surface area contributed by atoms with Gasteiger partial charge >= 0.3 is 6.03 Å². The lowest BCUT2D eigenvalue weighted by atomic mass is 9.84. The minimum Gasteiger partial charge on any atom is -0.396 e. The second-order valence-electron chi connectivity index (χ2n) is 7.77. The Morgan fingerprint density at radius 2 is 2.00 bits per heavy atom. The lowest BCUT2D eigenvalue weighted by Gasteiger charge is -2.27. The van der Waals surface area contributed by atoms with Gasteiger partial charge in [-0.15, -0.1) is 24.0 Å². The molecule has 2 rings (SSSR count). The Hall–Kier alpha value is -1.59. The molecule has 2 amide bonds. The smallest absolute Gasteiger partial charge is 0.319 e. The van der Waals surface area contributed by atoms with Crippen LogP contribution in [0.25, 0.3) is 0 Å². The largest absolute Gasteiger partial charge is 0.396 e. The molecule has 1 unspecified atom stereocenters. The third-order valence-electron chi connectivity index (χ3n) is 4.85. The summed E-state index contributed by atoms with van der Waals surface area (Å²) in [6.07, 6.45) is 1.66. The number of nitrogens with zero attached hydrogens (tertiary/aromatic N) is 1. The summed E-state index contributed by atoms with van der Waals surface area (Å²) < 4.78 is 5.55. The van der Waals surface area contributed by atoms with Gasteiger partial charge in [0.05, 0.1) is 13.2 Å². The van der Waals surface area contributed by atoms with E-state index in [4.69, 9.17) is 4.74 Å². The van der Waals surface area contributed by atoms with Crippen molar-refractivity contribution < 1.29 is 14.6 Å². The van der Waals surface area contributed by atoms with Crippen LogP contribution in [0.15, 0.2) is 29.3 Å². The normalized spacial score (nSPS) is 18.6. The van der Waals surface area contributed by atoms with Gasteiger partial charge in [-0.2, -0.15) is 0 Å². The van der Waals surface area contributed by atoms with Crippen molar-refractivity contribution in [3.8, 4) is 0 Å². The Balaban J connectivity index is 0.00000450. The number of halogens is 1. The molecule has 1 aliphatic heterocycles. The molecule has 1 fully saturated rings. The summed E-state index contributed by atoms with van der Waals surface area (Å²) in [4.78, 5) is 16.4. The summed E-state index contributed by atoms with van der Waals surface area (Å²) in [6, 6.07) is 7.53. The molecule has 9 heteroatoms. The number of guanidine groups is 1. The van der Waals surface area contributed by atoms with Crippen LogP contribution in [0.2, 0.25) is 0 Å². The van der Waals surface area contributed by atoms with Gasteiger partial charge in [-0.3, -0.25) is 0 Å². The van der Waals surface area contributed by atoms with Crippen LogP contribution in [0.1, 0.15) is 39.2 Å². The van der Waals surface area contributed by atoms with Crippen molar-refractivity contribution in [1.82, 2.24) is 16.0 Å². The minimum absolute atomic E-state index is 0. The number of benzene rings is 1. The molecule has 5 N–H and O–H groups in total. The number of nitrogens with one attached hydrogen (secondary N) is 4. The van der Waals surface area contributed by atoms with Crippen molar-refractivity contribution in [3.05, 3.63) is 29.8 Å². The van der Waals surface area contributed by atoms with Crippen molar-refractivity contribution in [1.29, 1.82) is 0 Å². The third kappa shape index (κ3) is 9.05. The molecule has 1 aliphatic rings. The fourth-order valence-corrected chi connectivity index (χ4v) is 3.22. The molecule has 0 bridgehead atoms. The van der Waals surface area contributed by atoms with Crippen LogP contribution in [0.5, 0.6) is 0 Å². The van der Waals surface area contributed by atoms with Crippen LogP contribution in [0.4, 0.5) is 10.5 Å². The highest BCUT2D eigenvalue weighted by molar-refractivity contribution is 14.0. The fourth-order valence-electron chi connectivity index (χ4n) is 3.22. The first-order valence-electron chi connectivity index (χ1n) is 10.3. The van der Waals surface area contributed by atoms with Gasteiger partial charge in [0.1, 0.15) is 0 Å². The number of aliphatic hydroxyl groups excluding tert-OH is 1. The average molecular weight is 533 g/mol. The van der Waals surface area contributed by atoms with Crippen LogP contribution >= 0.6 is 24.0 Å². The number of aliphatic hydroxyl groups is 1. The van der Waals surface area contributed by atoms with E-state index in [0.717, 1.165) is 43.2 Å². The molecule has 0 spiro atoms. The lowest BCUT2D eigenvalue weighted by Crippen LogP contribution is -2.44. The molecular formula is C21H36IN5O3. The molecular weight excluding hydrogens is 497 g/mol. The second kappa shape index (κ2) is 13.7. The van der Waals surface area contributed by atoms with E-state index in [-0.39, 0.29) is 48.1 Å². The van der Waals surface area contributed by atoms with Crippen LogP contribution < -0.4 is 21.3 Å². The van der Waals surface area contributed by atoms with Crippen LogP contribution in [0.3, 0.4) is 0 Å². The number of aliphatic imine (C=N–C) groups is 1. The van der Waals surface area contributed by atoms with E-state index in [1.807, 2.05) is 45.0 Å². The number of anilines is 1. The van der Waals surface area contributed by atoms with Gasteiger partial charge in [0.15, 0.2) is 5.96 Å². The Morgan fingerprint density at radius 1 is 1.27 bits per heavy atom. The molecule has 0 aromatic heterocycles. The maximum Gasteiger partial charge on any atom is 0.319 e. The average Bonchev–Trinajstić information content (AvgIpc) is 3.13. The van der Waals surface area contributed by atoms with Crippen molar-refractivity contribution in [2.45, 2.75) is 46.2 Å². The second-order valence-corrected chi connectivity index (χ2v) is 7.77. The molecule has 1 aromatic carbocycles. The summed E-state index contributed by atoms with van der Waals surface area (Å²) in [7, 11) is 0. The first kappa shape index (κ1) is 26.4. The quantitative estimate of drug-likeness (QED) is 0.191. The molecule has 170 valence electrons. The fraction of sp³-hybridized carbons (Fsp3) is 0.619. The summed E-state index contributed by atoms with van der Waals surface area (Å²) in [5.41, 5.74) is 1.76. The molecule has 1 atom stereocenters. The van der Waals surface area contributed by atoms with E-state index in [9.17, 15) is 9.90 Å². The van der Waals surface area contributed by atoms with Crippen LogP contribution in [0, 0.1) is 5.41 Å². The predicted molar refractivity (Wildman–Crippen MR) is 132 cm³/mol. The van der Waals surface area contributed by atoms with Gasteiger partial charge in [-0.25, -0.2) is 9.79 Å². The zero-order chi connectivity index (χ0) is 21.1. The van der Waals surface area contributed by atoms with Gasteiger partial charge in [-0.1, -0.05) is 12.1 Å². The summed E-state index contributed by atoms with van der Waals surface area (Å²) in [5, 5.41) is 21.6. The monoisotopic (exact) mass is 533 g/mol. The van der Waals surface area contributed by atoms with Crippen molar-refractivity contribution in [2.24, 2.45) is 10.4 Å². The molecule has 8 nitrogen and oxygen atoms in total. The Bertz CT molecular complexity index is 661. The van der Waals surface area contributed by atoms with Crippen LogP contribution in [-0.2, 0) is 11.3 Å². The maximum absolute atomic E-state index is 11.8. The molecule has 1 aromatic rings. The topological polar surface area (TPSA) is 107 Å². The van der Waals surface area contributed by atoms with Gasteiger partial charge in [0, 0.05) is 43.4 Å². The number of hydrogen-bond donors (Lipinski definition) is 5. The van der Waals surface area contributed by atoms with Gasteiger partial charge in [0.2, 0.25) is 0 Å². The molecule has 1 heterocycles. The van der Waals surface area contributed by atoms with Crippen molar-refractivity contribution in [2.75, 3.05) is 38.2 Å². The highest BCUT2D eigenvalue weighted by atomic mass is 127. The van der Waals surface area contributed by atoms with E-state index in [0.29, 0.717) is 19.7 Å². The number of carbonyl (C=O) groups is 1. The SMILES string of the molecule is CCNC(=NCc1ccc(NC(=O)NC(C)C)cc1)NCC1(CCO)CCOC1.I. The third-order valence-corrected chi connectivity index (χ3v) is 4.85. The van der Waals surface area contributed by atoms with Gasteiger partial charge in [0.25, 0.3) is 0 Å². The summed E-state index contributed by atoms with van der Waals surface area (Å²) in [6.45, 7) is 9.44. The standard InChI is InChI=1S/C21H35N5O3.HI/c1-4-22-19(24-14-21(9-11-27)10-12-29-15-21)23-13-17-5-7-18(8-6-17)26-20(28)25-16(2)3;/h5-8,16,27H,4,9-15H2,1-3H3,(H2,22,23,24)(H2,25,26,28);1H. The number of amides is 2. The number of hydrogen-bond acceptors (Lipinski definition) is 4. The summed E-state index contributed by atoms with van der Waals surface area (Å²) in [5.74, 6) is 0.746. The zero-order valence-electron chi connectivity index (χ0n) is 18.2. The molecule has 1 saturated heterocycles. The Kier molecular flexibility index (Phi) is 12.0. The predicted octanol–water partition coefficient (Wildman–Crippen LogP) is 2.68. The Labute approximate surface area is 196 Å². The number of urea groups is 1. The van der Waals surface area contributed by atoms with E-state index >= 15 is 0 Å². The van der Waals surface area contributed by atoms with Crippen molar-refractivity contribution in [3.63, 3.8) is 0 Å². The number of ether oxygens (including phenoxy) is 1. The first-order valence-corrected chi connectivity index (χ1v) is 10.3. The molecule has 0 aliphatic carbocycles. The summed E-state index contributed by atoms with van der Waals surface area (Å²) >= 11 is 0. The highest BCUT2D eigenvalue weighted by Crippen LogP contribution is 2.31. The van der Waals surface area contributed by atoms with E-state index in [2.05, 4.69) is 26.3 Å². The lowest BCUT2D eigenvalue weighted by molar-refractivity contribution is 0.127. The van der Waals surface area contributed by atoms with Crippen molar-refractivity contribution >= 4 is 41.7 Å². The Morgan fingerprint density at radius 3 is 2.57 bits per heavy atom.